The van der Waals surface area contributed by atoms with Crippen molar-refractivity contribution in [3.05, 3.63) is 59.7 Å². The lowest BCUT2D eigenvalue weighted by molar-refractivity contribution is -0.122. The summed E-state index contributed by atoms with van der Waals surface area (Å²) >= 11 is 0. The van der Waals surface area contributed by atoms with Crippen molar-refractivity contribution in [1.82, 2.24) is 10.2 Å². The van der Waals surface area contributed by atoms with Gasteiger partial charge in [-0.1, -0.05) is 36.4 Å². The minimum atomic E-state index is -0.287. The van der Waals surface area contributed by atoms with E-state index in [0.29, 0.717) is 17.9 Å². The molecule has 4 heteroatoms. The highest BCUT2D eigenvalue weighted by atomic mass is 16.5. The van der Waals surface area contributed by atoms with Crippen molar-refractivity contribution in [2.45, 2.75) is 12.0 Å². The number of amides is 1. The molecule has 1 amide bonds. The van der Waals surface area contributed by atoms with Gasteiger partial charge in [0.2, 0.25) is 5.91 Å². The Bertz CT molecular complexity index is 761. The molecule has 1 unspecified atom stereocenters. The normalized spacial score (nSPS) is 27.6. The maximum Gasteiger partial charge on any atom is 0.232 e. The third-order valence-corrected chi connectivity index (χ3v) is 5.63. The Morgan fingerprint density at radius 2 is 1.54 bits per heavy atom. The van der Waals surface area contributed by atoms with Crippen LogP contribution in [-0.4, -0.2) is 37.0 Å². The van der Waals surface area contributed by atoms with Gasteiger partial charge in [0.25, 0.3) is 0 Å². The number of likely N-dealkylation sites (tertiary alicyclic amines) is 1. The maximum atomic E-state index is 13.1. The van der Waals surface area contributed by atoms with Gasteiger partial charge in [0.15, 0.2) is 0 Å². The molecule has 5 rings (SSSR count). The van der Waals surface area contributed by atoms with Gasteiger partial charge in [-0.15, -0.1) is 0 Å². The maximum absolute atomic E-state index is 13.1. The van der Waals surface area contributed by atoms with Crippen LogP contribution in [0.1, 0.15) is 17.0 Å². The van der Waals surface area contributed by atoms with Gasteiger partial charge >= 0.3 is 0 Å². The molecule has 2 aliphatic heterocycles. The first-order valence-corrected chi connectivity index (χ1v) is 8.57. The van der Waals surface area contributed by atoms with Crippen molar-refractivity contribution >= 4 is 5.91 Å². The third kappa shape index (κ3) is 2.06. The van der Waals surface area contributed by atoms with E-state index in [9.17, 15) is 4.79 Å². The molecule has 2 aromatic carbocycles. The first-order valence-electron chi connectivity index (χ1n) is 8.57. The number of nitrogens with one attached hydrogen (secondary N) is 1. The predicted molar refractivity (Wildman–Crippen MR) is 91.2 cm³/mol. The number of piperidine rings is 1. The summed E-state index contributed by atoms with van der Waals surface area (Å²) in [5.74, 6) is 2.64. The van der Waals surface area contributed by atoms with Crippen molar-refractivity contribution in [3.63, 3.8) is 0 Å². The third-order valence-electron chi connectivity index (χ3n) is 5.63. The van der Waals surface area contributed by atoms with E-state index < -0.39 is 0 Å². The molecule has 1 N–H and O–H groups in total. The second kappa shape index (κ2) is 5.08. The van der Waals surface area contributed by atoms with Crippen LogP contribution in [0.15, 0.2) is 48.5 Å². The van der Waals surface area contributed by atoms with Crippen LogP contribution in [0.4, 0.5) is 0 Å². The van der Waals surface area contributed by atoms with E-state index in [-0.39, 0.29) is 11.8 Å². The molecule has 3 aliphatic rings. The lowest BCUT2D eigenvalue weighted by Crippen LogP contribution is -2.37. The molecule has 2 aromatic rings. The zero-order valence-electron chi connectivity index (χ0n) is 13.6. The van der Waals surface area contributed by atoms with E-state index >= 15 is 0 Å². The quantitative estimate of drug-likeness (QED) is 0.925. The van der Waals surface area contributed by atoms with E-state index in [4.69, 9.17) is 4.74 Å². The van der Waals surface area contributed by atoms with Gasteiger partial charge in [-0.3, -0.25) is 4.79 Å². The van der Waals surface area contributed by atoms with Crippen LogP contribution in [0.5, 0.6) is 11.5 Å². The predicted octanol–water partition coefficient (Wildman–Crippen LogP) is 2.60. The largest absolute Gasteiger partial charge is 0.457 e. The summed E-state index contributed by atoms with van der Waals surface area (Å²) < 4.78 is 5.98. The zero-order chi connectivity index (χ0) is 16.3. The van der Waals surface area contributed by atoms with Crippen LogP contribution in [0.3, 0.4) is 0 Å². The van der Waals surface area contributed by atoms with Gasteiger partial charge in [0, 0.05) is 30.3 Å². The SMILES string of the molecule is CN1C[C@@H]2C(NC(=O)C3c4ccccc4Oc4ccccc43)[C@@H]2C1. The molecule has 122 valence electrons. The number of hydrogen-bond acceptors (Lipinski definition) is 3. The summed E-state index contributed by atoms with van der Waals surface area (Å²) in [5, 5.41) is 3.31. The molecule has 0 aromatic heterocycles. The smallest absolute Gasteiger partial charge is 0.232 e. The summed E-state index contributed by atoms with van der Waals surface area (Å²) in [4.78, 5) is 15.5. The van der Waals surface area contributed by atoms with E-state index in [1.165, 1.54) is 0 Å². The number of ether oxygens (including phenoxy) is 1. The molecule has 24 heavy (non-hydrogen) atoms. The minimum absolute atomic E-state index is 0.0975. The topological polar surface area (TPSA) is 41.6 Å². The molecule has 0 radical (unpaired) electrons. The number of hydrogen-bond donors (Lipinski definition) is 1. The van der Waals surface area contributed by atoms with Crippen molar-refractivity contribution in [1.29, 1.82) is 0 Å². The number of nitrogens with zero attached hydrogens (tertiary/aromatic N) is 1. The van der Waals surface area contributed by atoms with Crippen LogP contribution in [0, 0.1) is 11.8 Å². The first-order chi connectivity index (χ1) is 11.7. The molecular weight excluding hydrogens is 300 g/mol. The molecule has 4 nitrogen and oxygen atoms in total. The van der Waals surface area contributed by atoms with Crippen LogP contribution in [0.25, 0.3) is 0 Å². The highest BCUT2D eigenvalue weighted by Crippen LogP contribution is 2.47. The highest BCUT2D eigenvalue weighted by Gasteiger charge is 2.56. The fourth-order valence-corrected chi connectivity index (χ4v) is 4.39. The van der Waals surface area contributed by atoms with Crippen LogP contribution in [-0.2, 0) is 4.79 Å². The second-order valence-electron chi connectivity index (χ2n) is 7.19. The standard InChI is InChI=1S/C20H20N2O2/c1-22-10-14-15(11-22)19(14)21-20(23)18-12-6-2-4-8-16(12)24-17-9-5-3-7-13(17)18/h2-9,14-15,18-19H,10-11H2,1H3,(H,21,23)/t14-,15+,19?. The van der Waals surface area contributed by atoms with Crippen LogP contribution < -0.4 is 10.1 Å². The average Bonchev–Trinajstić information content (AvgIpc) is 3.03. The van der Waals surface area contributed by atoms with E-state index in [0.717, 1.165) is 35.7 Å². The Balaban J connectivity index is 1.46. The van der Waals surface area contributed by atoms with Gasteiger partial charge < -0.3 is 15.0 Å². The molecule has 1 saturated carbocycles. The van der Waals surface area contributed by atoms with Crippen LogP contribution >= 0.6 is 0 Å². The number of carbonyl (C=O) groups excluding carboxylic acids is 1. The molecule has 0 bridgehead atoms. The van der Waals surface area contributed by atoms with Gasteiger partial charge in [-0.05, 0) is 31.0 Å². The lowest BCUT2D eigenvalue weighted by atomic mass is 9.87. The monoisotopic (exact) mass is 320 g/mol. The number of benzene rings is 2. The Kier molecular flexibility index (Phi) is 2.98. The van der Waals surface area contributed by atoms with Gasteiger partial charge in [0.05, 0.1) is 5.92 Å². The summed E-state index contributed by atoms with van der Waals surface area (Å²) in [6, 6.07) is 16.0. The summed E-state index contributed by atoms with van der Waals surface area (Å²) in [6.07, 6.45) is 0. The zero-order valence-corrected chi connectivity index (χ0v) is 13.6. The molecule has 1 aliphatic carbocycles. The van der Waals surface area contributed by atoms with Crippen molar-refractivity contribution < 1.29 is 9.53 Å². The van der Waals surface area contributed by atoms with Crippen LogP contribution in [0.2, 0.25) is 0 Å². The summed E-state index contributed by atoms with van der Waals surface area (Å²) in [5.41, 5.74) is 1.91. The first kappa shape index (κ1) is 14.1. The number of fused-ring (bicyclic) bond motifs is 3. The van der Waals surface area contributed by atoms with Gasteiger partial charge in [-0.2, -0.15) is 0 Å². The molecule has 3 atom stereocenters. The molecule has 2 heterocycles. The Morgan fingerprint density at radius 3 is 2.12 bits per heavy atom. The minimum Gasteiger partial charge on any atom is -0.457 e. The van der Waals surface area contributed by atoms with Crippen molar-refractivity contribution in [3.8, 4) is 11.5 Å². The number of carbonyl (C=O) groups is 1. The lowest BCUT2D eigenvalue weighted by Gasteiger charge is -2.27. The van der Waals surface area contributed by atoms with E-state index in [1.807, 2.05) is 48.5 Å². The summed E-state index contributed by atoms with van der Waals surface area (Å²) in [6.45, 7) is 2.19. The van der Waals surface area contributed by atoms with E-state index in [1.54, 1.807) is 0 Å². The second-order valence-corrected chi connectivity index (χ2v) is 7.19. The fraction of sp³-hybridized carbons (Fsp3) is 0.350. The Morgan fingerprint density at radius 1 is 1.00 bits per heavy atom. The molecule has 2 fully saturated rings. The Hall–Kier alpha value is -2.33. The summed E-state index contributed by atoms with van der Waals surface area (Å²) in [7, 11) is 2.15. The van der Waals surface area contributed by atoms with Crippen molar-refractivity contribution in [2.24, 2.45) is 11.8 Å². The van der Waals surface area contributed by atoms with Gasteiger partial charge in [-0.25, -0.2) is 0 Å². The number of rotatable bonds is 2. The Labute approximate surface area is 141 Å². The van der Waals surface area contributed by atoms with Gasteiger partial charge in [0.1, 0.15) is 11.5 Å². The van der Waals surface area contributed by atoms with E-state index in [2.05, 4.69) is 17.3 Å². The highest BCUT2D eigenvalue weighted by molar-refractivity contribution is 5.90. The molecular formula is C20H20N2O2. The molecule has 1 saturated heterocycles. The van der Waals surface area contributed by atoms with Crippen molar-refractivity contribution in [2.75, 3.05) is 20.1 Å². The number of para-hydroxylation sites is 2. The fourth-order valence-electron chi connectivity index (χ4n) is 4.39. The average molecular weight is 320 g/mol. The molecule has 0 spiro atoms.